The van der Waals surface area contributed by atoms with Crippen LogP contribution in [0.3, 0.4) is 0 Å². The average Bonchev–Trinajstić information content (AvgIpc) is 2.98. The summed E-state index contributed by atoms with van der Waals surface area (Å²) in [6.45, 7) is 0. The fourth-order valence-corrected chi connectivity index (χ4v) is 3.01. The quantitative estimate of drug-likeness (QED) is 0.784. The van der Waals surface area contributed by atoms with Gasteiger partial charge in [0.15, 0.2) is 0 Å². The zero-order chi connectivity index (χ0) is 15.5. The monoisotopic (exact) mass is 313 g/mol. The molecule has 0 saturated carbocycles. The van der Waals surface area contributed by atoms with E-state index >= 15 is 0 Å². The first-order valence-electron chi connectivity index (χ1n) is 6.65. The van der Waals surface area contributed by atoms with Crippen molar-refractivity contribution in [2.45, 2.75) is 6.42 Å². The van der Waals surface area contributed by atoms with Gasteiger partial charge in [0.1, 0.15) is 5.82 Å². The lowest BCUT2D eigenvalue weighted by Gasteiger charge is -2.02. The van der Waals surface area contributed by atoms with E-state index < -0.39 is 5.97 Å². The van der Waals surface area contributed by atoms with Crippen LogP contribution in [-0.4, -0.2) is 16.1 Å². The van der Waals surface area contributed by atoms with Gasteiger partial charge in [0, 0.05) is 17.4 Å². The molecule has 0 unspecified atom stereocenters. The molecule has 1 aromatic heterocycles. The third-order valence-corrected chi connectivity index (χ3v) is 4.10. The highest BCUT2D eigenvalue weighted by Crippen LogP contribution is 2.26. The van der Waals surface area contributed by atoms with Crippen molar-refractivity contribution in [1.82, 2.24) is 4.98 Å². The molecule has 0 saturated heterocycles. The highest BCUT2D eigenvalue weighted by Gasteiger charge is 2.13. The van der Waals surface area contributed by atoms with Crippen molar-refractivity contribution in [3.63, 3.8) is 0 Å². The van der Waals surface area contributed by atoms with Crippen LogP contribution in [0.4, 0.5) is 4.39 Å². The van der Waals surface area contributed by atoms with E-state index in [1.54, 1.807) is 36.4 Å². The number of rotatable bonds is 4. The predicted molar refractivity (Wildman–Crippen MR) is 83.7 cm³/mol. The zero-order valence-corrected chi connectivity index (χ0v) is 12.3. The molecule has 3 rings (SSSR count). The molecule has 0 aliphatic rings. The maximum Gasteiger partial charge on any atom is 0.336 e. The number of carboxylic acids is 1. The number of halogens is 1. The maximum absolute atomic E-state index is 12.9. The predicted octanol–water partition coefficient (Wildman–Crippen LogP) is 4.24. The van der Waals surface area contributed by atoms with Gasteiger partial charge in [-0.25, -0.2) is 14.2 Å². The largest absolute Gasteiger partial charge is 0.478 e. The van der Waals surface area contributed by atoms with Crippen LogP contribution in [0.5, 0.6) is 0 Å². The van der Waals surface area contributed by atoms with Gasteiger partial charge in [0.25, 0.3) is 0 Å². The van der Waals surface area contributed by atoms with Crippen molar-refractivity contribution >= 4 is 17.3 Å². The first-order chi connectivity index (χ1) is 10.6. The van der Waals surface area contributed by atoms with E-state index in [1.165, 1.54) is 23.5 Å². The molecule has 0 fully saturated rings. The Morgan fingerprint density at radius 1 is 1.14 bits per heavy atom. The van der Waals surface area contributed by atoms with Gasteiger partial charge in [0.05, 0.1) is 16.3 Å². The molecule has 2 aromatic carbocycles. The molecule has 0 spiro atoms. The van der Waals surface area contributed by atoms with E-state index in [9.17, 15) is 14.3 Å². The number of nitrogens with zero attached hydrogens (tertiary/aromatic N) is 1. The van der Waals surface area contributed by atoms with Gasteiger partial charge in [-0.3, -0.25) is 0 Å². The Balaban J connectivity index is 1.88. The Morgan fingerprint density at radius 2 is 1.86 bits per heavy atom. The lowest BCUT2D eigenvalue weighted by molar-refractivity contribution is 0.0697. The van der Waals surface area contributed by atoms with Gasteiger partial charge in [-0.1, -0.05) is 30.3 Å². The summed E-state index contributed by atoms with van der Waals surface area (Å²) in [6, 6.07) is 13.1. The SMILES string of the molecule is O=C(O)c1ccccc1-c1csc(Cc2ccc(F)cc2)n1. The van der Waals surface area contributed by atoms with Crippen molar-refractivity contribution in [2.24, 2.45) is 0 Å². The van der Waals surface area contributed by atoms with Crippen LogP contribution >= 0.6 is 11.3 Å². The fourth-order valence-electron chi connectivity index (χ4n) is 2.19. The summed E-state index contributed by atoms with van der Waals surface area (Å²) in [7, 11) is 0. The van der Waals surface area contributed by atoms with Crippen LogP contribution < -0.4 is 0 Å². The molecule has 0 aliphatic heterocycles. The molecule has 0 radical (unpaired) electrons. The third kappa shape index (κ3) is 3.04. The third-order valence-electron chi connectivity index (χ3n) is 3.25. The molecule has 0 atom stereocenters. The molecule has 1 N–H and O–H groups in total. The zero-order valence-electron chi connectivity index (χ0n) is 11.5. The van der Waals surface area contributed by atoms with Crippen molar-refractivity contribution < 1.29 is 14.3 Å². The number of hydrogen-bond acceptors (Lipinski definition) is 3. The minimum Gasteiger partial charge on any atom is -0.478 e. The van der Waals surface area contributed by atoms with Crippen molar-refractivity contribution in [1.29, 1.82) is 0 Å². The second-order valence-corrected chi connectivity index (χ2v) is 5.72. The van der Waals surface area contributed by atoms with Gasteiger partial charge < -0.3 is 5.11 Å². The number of carboxylic acid groups (broad SMARTS) is 1. The Labute approximate surface area is 130 Å². The lowest BCUT2D eigenvalue weighted by Crippen LogP contribution is -1.99. The minimum absolute atomic E-state index is 0.237. The van der Waals surface area contributed by atoms with Crippen LogP contribution in [0.1, 0.15) is 20.9 Å². The van der Waals surface area contributed by atoms with Gasteiger partial charge >= 0.3 is 5.97 Å². The summed E-state index contributed by atoms with van der Waals surface area (Å²) < 4.78 is 12.9. The number of thiazole rings is 1. The maximum atomic E-state index is 12.9. The topological polar surface area (TPSA) is 50.2 Å². The summed E-state index contributed by atoms with van der Waals surface area (Å²) in [5.41, 5.74) is 2.46. The molecule has 1 heterocycles. The molecule has 0 aliphatic carbocycles. The van der Waals surface area contributed by atoms with Crippen LogP contribution in [0.2, 0.25) is 0 Å². The van der Waals surface area contributed by atoms with Crippen molar-refractivity contribution in [3.05, 3.63) is 75.9 Å². The van der Waals surface area contributed by atoms with E-state index in [2.05, 4.69) is 4.98 Å². The normalized spacial score (nSPS) is 10.6. The average molecular weight is 313 g/mol. The molecule has 5 heteroatoms. The molecular weight excluding hydrogens is 301 g/mol. The van der Waals surface area contributed by atoms with Crippen LogP contribution in [0, 0.1) is 5.82 Å². The van der Waals surface area contributed by atoms with E-state index in [1.807, 2.05) is 5.38 Å². The molecular formula is C17H12FNO2S. The number of aromatic nitrogens is 1. The molecule has 0 amide bonds. The molecule has 22 heavy (non-hydrogen) atoms. The Hall–Kier alpha value is -2.53. The number of hydrogen-bond donors (Lipinski definition) is 1. The van der Waals surface area contributed by atoms with Gasteiger partial charge in [-0.2, -0.15) is 0 Å². The lowest BCUT2D eigenvalue weighted by atomic mass is 10.1. The Morgan fingerprint density at radius 3 is 2.59 bits per heavy atom. The second kappa shape index (κ2) is 6.07. The van der Waals surface area contributed by atoms with Crippen molar-refractivity contribution in [3.8, 4) is 11.3 Å². The van der Waals surface area contributed by atoms with E-state index in [0.29, 0.717) is 17.7 Å². The highest BCUT2D eigenvalue weighted by molar-refractivity contribution is 7.10. The van der Waals surface area contributed by atoms with Crippen LogP contribution in [0.15, 0.2) is 53.9 Å². The highest BCUT2D eigenvalue weighted by atomic mass is 32.1. The fraction of sp³-hybridized carbons (Fsp3) is 0.0588. The van der Waals surface area contributed by atoms with Crippen molar-refractivity contribution in [2.75, 3.05) is 0 Å². The summed E-state index contributed by atoms with van der Waals surface area (Å²) >= 11 is 1.47. The molecule has 110 valence electrons. The summed E-state index contributed by atoms with van der Waals surface area (Å²) in [6.07, 6.45) is 0.597. The smallest absolute Gasteiger partial charge is 0.336 e. The minimum atomic E-state index is -0.969. The first-order valence-corrected chi connectivity index (χ1v) is 7.53. The first kappa shape index (κ1) is 14.4. The number of carbonyl (C=O) groups is 1. The molecule has 3 aromatic rings. The van der Waals surface area contributed by atoms with Crippen LogP contribution in [-0.2, 0) is 6.42 Å². The Kier molecular flexibility index (Phi) is 3.98. The van der Waals surface area contributed by atoms with E-state index in [4.69, 9.17) is 0 Å². The summed E-state index contributed by atoms with van der Waals surface area (Å²) in [5, 5.41) is 11.9. The second-order valence-electron chi connectivity index (χ2n) is 4.78. The number of aromatic carboxylic acids is 1. The molecule has 0 bridgehead atoms. The Bertz CT molecular complexity index is 812. The van der Waals surface area contributed by atoms with E-state index in [-0.39, 0.29) is 11.4 Å². The van der Waals surface area contributed by atoms with Gasteiger partial charge in [-0.15, -0.1) is 11.3 Å². The summed E-state index contributed by atoms with van der Waals surface area (Å²) in [5.74, 6) is -1.23. The van der Waals surface area contributed by atoms with Crippen LogP contribution in [0.25, 0.3) is 11.3 Å². The van der Waals surface area contributed by atoms with E-state index in [0.717, 1.165) is 10.6 Å². The van der Waals surface area contributed by atoms with Gasteiger partial charge in [0.2, 0.25) is 0 Å². The standard InChI is InChI=1S/C17H12FNO2S/c18-12-7-5-11(6-8-12)9-16-19-15(10-22-16)13-3-1-2-4-14(13)17(20)21/h1-8,10H,9H2,(H,20,21). The molecule has 3 nitrogen and oxygen atoms in total. The van der Waals surface area contributed by atoms with Gasteiger partial charge in [-0.05, 0) is 23.8 Å². The summed E-state index contributed by atoms with van der Waals surface area (Å²) in [4.78, 5) is 15.8. The number of benzene rings is 2.